The standard InChI is InChI=1S/C69H114O6/c1-4-7-10-13-16-19-22-25-27-29-30-31-32-33-34-35-36-37-38-40-41-44-47-50-53-56-59-62-68(71)74-65-66(64-73-67(70)61-58-55-52-49-46-43-24-21-18-15-12-9-6-3)75-69(72)63-60-57-54-51-48-45-42-39-28-26-23-20-17-14-11-8-5-2/h7,9-10,12,16,18-19,21,25-28,30-31,33-34,36-37,43,46,66H,4-6,8,11,13-15,17,20,22-24,29,32,35,38-42,44-45,47-65H2,1-3H3/b10-7-,12-9-,19-16-,21-18-,27-25-,28-26-,31-30-,34-33-,37-36-,46-43-. The van der Waals surface area contributed by atoms with Gasteiger partial charge in [-0.05, 0) is 128 Å². The predicted octanol–water partition coefficient (Wildman–Crippen LogP) is 21.2. The third-order valence-corrected chi connectivity index (χ3v) is 12.9. The zero-order valence-electron chi connectivity index (χ0n) is 48.8. The molecule has 0 heterocycles. The van der Waals surface area contributed by atoms with E-state index >= 15 is 0 Å². The van der Waals surface area contributed by atoms with Gasteiger partial charge >= 0.3 is 17.9 Å². The Labute approximate surface area is 462 Å². The molecule has 0 saturated carbocycles. The van der Waals surface area contributed by atoms with Crippen LogP contribution < -0.4 is 0 Å². The molecule has 1 atom stereocenters. The highest BCUT2D eigenvalue weighted by Crippen LogP contribution is 2.15. The number of hydrogen-bond donors (Lipinski definition) is 0. The van der Waals surface area contributed by atoms with Crippen LogP contribution in [-0.2, 0) is 28.6 Å². The normalized spacial score (nSPS) is 12.9. The van der Waals surface area contributed by atoms with E-state index in [0.29, 0.717) is 19.3 Å². The molecule has 0 bridgehead atoms. The quantitative estimate of drug-likeness (QED) is 0.0261. The molecule has 0 rings (SSSR count). The highest BCUT2D eigenvalue weighted by molar-refractivity contribution is 5.71. The van der Waals surface area contributed by atoms with Crippen LogP contribution in [-0.4, -0.2) is 37.2 Å². The van der Waals surface area contributed by atoms with Gasteiger partial charge in [-0.3, -0.25) is 14.4 Å². The van der Waals surface area contributed by atoms with Crippen LogP contribution in [0.1, 0.15) is 278 Å². The Morgan fingerprint density at radius 1 is 0.280 bits per heavy atom. The van der Waals surface area contributed by atoms with Gasteiger partial charge in [0.2, 0.25) is 0 Å². The van der Waals surface area contributed by atoms with Crippen molar-refractivity contribution in [1.29, 1.82) is 0 Å². The Hall–Kier alpha value is -4.19. The topological polar surface area (TPSA) is 78.9 Å². The molecule has 0 fully saturated rings. The van der Waals surface area contributed by atoms with Gasteiger partial charge in [0.25, 0.3) is 0 Å². The maximum absolute atomic E-state index is 12.9. The lowest BCUT2D eigenvalue weighted by Crippen LogP contribution is -2.30. The molecule has 0 aromatic heterocycles. The van der Waals surface area contributed by atoms with E-state index in [1.54, 1.807) is 0 Å². The van der Waals surface area contributed by atoms with E-state index in [-0.39, 0.29) is 31.1 Å². The Morgan fingerprint density at radius 3 is 0.840 bits per heavy atom. The second-order valence-electron chi connectivity index (χ2n) is 20.2. The largest absolute Gasteiger partial charge is 0.462 e. The number of hydrogen-bond acceptors (Lipinski definition) is 6. The Balaban J connectivity index is 4.36. The molecule has 0 aromatic carbocycles. The van der Waals surface area contributed by atoms with Crippen LogP contribution in [0.4, 0.5) is 0 Å². The predicted molar refractivity (Wildman–Crippen MR) is 325 cm³/mol. The summed E-state index contributed by atoms with van der Waals surface area (Å²) in [5.41, 5.74) is 0. The summed E-state index contributed by atoms with van der Waals surface area (Å²) in [6.45, 7) is 6.38. The van der Waals surface area contributed by atoms with Crippen molar-refractivity contribution in [2.45, 2.75) is 284 Å². The van der Waals surface area contributed by atoms with Crippen LogP contribution in [0.15, 0.2) is 122 Å². The van der Waals surface area contributed by atoms with E-state index < -0.39 is 6.10 Å². The van der Waals surface area contributed by atoms with Gasteiger partial charge in [-0.2, -0.15) is 0 Å². The molecule has 0 radical (unpaired) electrons. The summed E-state index contributed by atoms with van der Waals surface area (Å²) in [5, 5.41) is 0. The highest BCUT2D eigenvalue weighted by atomic mass is 16.6. The number of rotatable bonds is 55. The fourth-order valence-corrected chi connectivity index (χ4v) is 8.34. The molecule has 0 aliphatic carbocycles. The highest BCUT2D eigenvalue weighted by Gasteiger charge is 2.19. The zero-order chi connectivity index (χ0) is 54.3. The van der Waals surface area contributed by atoms with E-state index in [2.05, 4.69) is 142 Å². The minimum absolute atomic E-state index is 0.0956. The number of carbonyl (C=O) groups is 3. The third-order valence-electron chi connectivity index (χ3n) is 12.9. The number of allylic oxidation sites excluding steroid dienone is 20. The lowest BCUT2D eigenvalue weighted by molar-refractivity contribution is -0.167. The first kappa shape index (κ1) is 70.8. The first-order valence-electron chi connectivity index (χ1n) is 31.0. The smallest absolute Gasteiger partial charge is 0.306 e. The first-order valence-corrected chi connectivity index (χ1v) is 31.0. The Kier molecular flexibility index (Phi) is 58.9. The average molecular weight is 1040 g/mol. The van der Waals surface area contributed by atoms with Crippen LogP contribution in [0.5, 0.6) is 0 Å². The maximum atomic E-state index is 12.9. The van der Waals surface area contributed by atoms with Crippen LogP contribution >= 0.6 is 0 Å². The average Bonchev–Trinajstić information content (AvgIpc) is 3.41. The monoisotopic (exact) mass is 1040 g/mol. The summed E-state index contributed by atoms with van der Waals surface area (Å²) >= 11 is 0. The summed E-state index contributed by atoms with van der Waals surface area (Å²) in [5.74, 6) is -0.935. The van der Waals surface area contributed by atoms with Crippen molar-refractivity contribution in [3.05, 3.63) is 122 Å². The molecule has 426 valence electrons. The number of carbonyl (C=O) groups excluding carboxylic acids is 3. The van der Waals surface area contributed by atoms with Crippen molar-refractivity contribution >= 4 is 17.9 Å². The van der Waals surface area contributed by atoms with E-state index in [4.69, 9.17) is 14.2 Å². The minimum atomic E-state index is -0.800. The van der Waals surface area contributed by atoms with Crippen LogP contribution in [0, 0.1) is 0 Å². The second-order valence-corrected chi connectivity index (χ2v) is 20.2. The molecule has 0 aliphatic heterocycles. The molecule has 0 spiro atoms. The molecule has 6 nitrogen and oxygen atoms in total. The Bertz CT molecular complexity index is 1570. The van der Waals surface area contributed by atoms with E-state index in [1.807, 2.05) is 0 Å². The first-order chi connectivity index (χ1) is 37.0. The van der Waals surface area contributed by atoms with Crippen molar-refractivity contribution < 1.29 is 28.6 Å². The zero-order valence-corrected chi connectivity index (χ0v) is 48.8. The third kappa shape index (κ3) is 60.6. The van der Waals surface area contributed by atoms with E-state index in [9.17, 15) is 14.4 Å². The van der Waals surface area contributed by atoms with Gasteiger partial charge in [0.05, 0.1) is 0 Å². The van der Waals surface area contributed by atoms with Crippen molar-refractivity contribution in [2.75, 3.05) is 13.2 Å². The van der Waals surface area contributed by atoms with Gasteiger partial charge in [-0.25, -0.2) is 0 Å². The number of unbranched alkanes of at least 4 members (excludes halogenated alkanes) is 24. The molecular formula is C69H114O6. The van der Waals surface area contributed by atoms with Gasteiger partial charge < -0.3 is 14.2 Å². The van der Waals surface area contributed by atoms with E-state index in [1.165, 1.54) is 109 Å². The van der Waals surface area contributed by atoms with Crippen LogP contribution in [0.2, 0.25) is 0 Å². The maximum Gasteiger partial charge on any atom is 0.306 e. The lowest BCUT2D eigenvalue weighted by atomic mass is 10.1. The minimum Gasteiger partial charge on any atom is -0.462 e. The summed E-state index contributed by atoms with van der Waals surface area (Å²) in [6, 6.07) is 0. The molecule has 1 unspecified atom stereocenters. The number of ether oxygens (including phenoxy) is 3. The van der Waals surface area contributed by atoms with Gasteiger partial charge in [0, 0.05) is 19.3 Å². The van der Waals surface area contributed by atoms with Crippen LogP contribution in [0.25, 0.3) is 0 Å². The second kappa shape index (κ2) is 62.4. The Morgan fingerprint density at radius 2 is 0.520 bits per heavy atom. The summed E-state index contributed by atoms with van der Waals surface area (Å²) < 4.78 is 16.9. The molecule has 0 saturated heterocycles. The fraction of sp³-hybridized carbons (Fsp3) is 0.667. The fourth-order valence-electron chi connectivity index (χ4n) is 8.34. The van der Waals surface area contributed by atoms with Gasteiger partial charge in [0.1, 0.15) is 13.2 Å². The van der Waals surface area contributed by atoms with Crippen molar-refractivity contribution in [3.8, 4) is 0 Å². The molecular weight excluding hydrogens is 925 g/mol. The molecule has 6 heteroatoms. The lowest BCUT2D eigenvalue weighted by Gasteiger charge is -2.18. The van der Waals surface area contributed by atoms with Crippen molar-refractivity contribution in [2.24, 2.45) is 0 Å². The molecule has 0 aromatic rings. The molecule has 0 N–H and O–H groups in total. The van der Waals surface area contributed by atoms with E-state index in [0.717, 1.165) is 128 Å². The molecule has 0 aliphatic rings. The summed E-state index contributed by atoms with van der Waals surface area (Å²) in [4.78, 5) is 38.2. The van der Waals surface area contributed by atoms with Crippen molar-refractivity contribution in [3.63, 3.8) is 0 Å². The molecule has 0 amide bonds. The van der Waals surface area contributed by atoms with Crippen LogP contribution in [0.3, 0.4) is 0 Å². The number of esters is 3. The SMILES string of the molecule is CC/C=C\C/C=C\C/C=C\C/C=C\C/C=C\C/C=C\CCCCCCCCCCC(=O)OCC(COC(=O)CCCCC/C=C\C/C=C\C/C=C\CC)OC(=O)CCCCCCCCC/C=C\CCCCCCCC. The van der Waals surface area contributed by atoms with Gasteiger partial charge in [-0.1, -0.05) is 251 Å². The summed E-state index contributed by atoms with van der Waals surface area (Å²) in [7, 11) is 0. The van der Waals surface area contributed by atoms with Gasteiger partial charge in [-0.15, -0.1) is 0 Å². The molecule has 75 heavy (non-hydrogen) atoms. The van der Waals surface area contributed by atoms with Gasteiger partial charge in [0.15, 0.2) is 6.10 Å². The van der Waals surface area contributed by atoms with Crippen molar-refractivity contribution in [1.82, 2.24) is 0 Å². The summed E-state index contributed by atoms with van der Waals surface area (Å²) in [6.07, 6.45) is 86.3.